The molecular formula is C32H66Cl2N2. The number of nitrogens with one attached hydrogen (secondary N) is 2. The largest absolute Gasteiger partial charge is 0.314 e. The van der Waals surface area contributed by atoms with Crippen molar-refractivity contribution >= 4 is 24.8 Å². The van der Waals surface area contributed by atoms with E-state index in [0.717, 1.165) is 23.7 Å². The first-order chi connectivity index (χ1) is 16.0. The van der Waals surface area contributed by atoms with Crippen LogP contribution >= 0.6 is 24.8 Å². The average molecular weight is 550 g/mol. The van der Waals surface area contributed by atoms with Crippen molar-refractivity contribution in [3.8, 4) is 0 Å². The lowest BCUT2D eigenvalue weighted by molar-refractivity contribution is 0.0723. The van der Waals surface area contributed by atoms with Crippen LogP contribution in [0.25, 0.3) is 0 Å². The van der Waals surface area contributed by atoms with E-state index < -0.39 is 0 Å². The smallest absolute Gasteiger partial charge is 0.00388 e. The molecule has 0 heterocycles. The molecule has 2 nitrogen and oxygen atoms in total. The van der Waals surface area contributed by atoms with Crippen LogP contribution in [-0.2, 0) is 0 Å². The molecule has 2 aliphatic rings. The summed E-state index contributed by atoms with van der Waals surface area (Å²) in [5.74, 6) is 3.65. The van der Waals surface area contributed by atoms with Crippen LogP contribution < -0.4 is 10.6 Å². The van der Waals surface area contributed by atoms with Crippen molar-refractivity contribution < 1.29 is 0 Å². The summed E-state index contributed by atoms with van der Waals surface area (Å²) in [5.41, 5.74) is 1.10. The van der Waals surface area contributed by atoms with Gasteiger partial charge in [0.05, 0.1) is 0 Å². The number of hydrogen-bond donors (Lipinski definition) is 2. The Labute approximate surface area is 239 Å². The molecule has 36 heavy (non-hydrogen) atoms. The van der Waals surface area contributed by atoms with Gasteiger partial charge in [0.25, 0.3) is 0 Å². The summed E-state index contributed by atoms with van der Waals surface area (Å²) in [7, 11) is 0. The normalized spacial score (nSPS) is 29.0. The monoisotopic (exact) mass is 548 g/mol. The van der Waals surface area contributed by atoms with E-state index in [0.29, 0.717) is 22.9 Å². The van der Waals surface area contributed by atoms with Gasteiger partial charge in [-0.25, -0.2) is 0 Å². The molecule has 2 rings (SSSR count). The van der Waals surface area contributed by atoms with Crippen molar-refractivity contribution in [1.82, 2.24) is 10.6 Å². The van der Waals surface area contributed by atoms with E-state index in [1.54, 1.807) is 0 Å². The summed E-state index contributed by atoms with van der Waals surface area (Å²) in [5, 5.41) is 7.63. The standard InChI is InChI=1S/C32H64N2.2ClH/c1-25-15-13-21-31(5,6)29(25)19-17-27(3)33-23-11-9-10-12-24-34-28(4)18-20-30-26(2)16-14-22-32(30,7)8;;/h25-30,33-34H,9-24H2,1-8H3;2*1H. The van der Waals surface area contributed by atoms with Gasteiger partial charge in [0, 0.05) is 12.1 Å². The zero-order chi connectivity index (χ0) is 25.2. The summed E-state index contributed by atoms with van der Waals surface area (Å²) in [6, 6.07) is 1.34. The molecule has 2 saturated carbocycles. The highest BCUT2D eigenvalue weighted by Gasteiger charge is 2.37. The number of halogens is 2. The van der Waals surface area contributed by atoms with Crippen LogP contribution in [0.5, 0.6) is 0 Å². The predicted molar refractivity (Wildman–Crippen MR) is 167 cm³/mol. The van der Waals surface area contributed by atoms with Crippen molar-refractivity contribution in [2.24, 2.45) is 34.5 Å². The molecule has 0 aromatic rings. The third kappa shape index (κ3) is 12.6. The molecule has 0 aromatic carbocycles. The zero-order valence-electron chi connectivity index (χ0n) is 25.6. The van der Waals surface area contributed by atoms with Gasteiger partial charge in [-0.15, -0.1) is 24.8 Å². The molecule has 0 aromatic heterocycles. The zero-order valence-corrected chi connectivity index (χ0v) is 27.2. The van der Waals surface area contributed by atoms with Crippen LogP contribution in [0.3, 0.4) is 0 Å². The Kier molecular flexibility index (Phi) is 18.2. The second-order valence-electron chi connectivity index (χ2n) is 14.2. The Morgan fingerprint density at radius 1 is 0.639 bits per heavy atom. The van der Waals surface area contributed by atoms with Gasteiger partial charge in [0.15, 0.2) is 0 Å². The predicted octanol–water partition coefficient (Wildman–Crippen LogP) is 9.83. The summed E-state index contributed by atoms with van der Waals surface area (Å²) >= 11 is 0. The molecule has 4 heteroatoms. The molecule has 0 spiro atoms. The molecule has 0 bridgehead atoms. The molecule has 6 atom stereocenters. The van der Waals surface area contributed by atoms with Gasteiger partial charge in [-0.2, -0.15) is 0 Å². The third-order valence-electron chi connectivity index (χ3n) is 10.3. The first-order valence-corrected chi connectivity index (χ1v) is 15.5. The third-order valence-corrected chi connectivity index (χ3v) is 10.3. The lowest BCUT2D eigenvalue weighted by atomic mass is 9.62. The maximum atomic E-state index is 3.82. The summed E-state index contributed by atoms with van der Waals surface area (Å²) in [6.07, 6.45) is 19.5. The van der Waals surface area contributed by atoms with Crippen LogP contribution in [-0.4, -0.2) is 25.2 Å². The Balaban J connectivity index is 0.00000612. The van der Waals surface area contributed by atoms with Crippen molar-refractivity contribution in [2.45, 2.75) is 157 Å². The van der Waals surface area contributed by atoms with Gasteiger partial charge in [0.1, 0.15) is 0 Å². The molecule has 6 unspecified atom stereocenters. The second-order valence-corrected chi connectivity index (χ2v) is 14.2. The average Bonchev–Trinajstić information content (AvgIpc) is 2.74. The summed E-state index contributed by atoms with van der Waals surface area (Å²) in [6.45, 7) is 22.3. The molecule has 0 radical (unpaired) electrons. The summed E-state index contributed by atoms with van der Waals surface area (Å²) in [4.78, 5) is 0. The quantitative estimate of drug-likeness (QED) is 0.199. The van der Waals surface area contributed by atoms with Crippen LogP contribution in [0.15, 0.2) is 0 Å². The van der Waals surface area contributed by atoms with E-state index in [9.17, 15) is 0 Å². The topological polar surface area (TPSA) is 24.1 Å². The minimum atomic E-state index is 0. The molecule has 0 saturated heterocycles. The second kappa shape index (κ2) is 18.0. The maximum absolute atomic E-state index is 3.82. The molecule has 218 valence electrons. The van der Waals surface area contributed by atoms with Crippen LogP contribution in [0.4, 0.5) is 0 Å². The van der Waals surface area contributed by atoms with Gasteiger partial charge < -0.3 is 10.6 Å². The van der Waals surface area contributed by atoms with E-state index in [1.807, 2.05) is 0 Å². The molecule has 0 aliphatic heterocycles. The number of rotatable bonds is 15. The highest BCUT2D eigenvalue weighted by atomic mass is 35.5. The van der Waals surface area contributed by atoms with Gasteiger partial charge >= 0.3 is 0 Å². The molecule has 2 N–H and O–H groups in total. The van der Waals surface area contributed by atoms with E-state index in [4.69, 9.17) is 0 Å². The van der Waals surface area contributed by atoms with Crippen LogP contribution in [0, 0.1) is 34.5 Å². The van der Waals surface area contributed by atoms with Crippen LogP contribution in [0.2, 0.25) is 0 Å². The lowest BCUT2D eigenvalue weighted by Gasteiger charge is -2.43. The van der Waals surface area contributed by atoms with Crippen molar-refractivity contribution in [1.29, 1.82) is 0 Å². The molecule has 2 aliphatic carbocycles. The molecule has 0 amide bonds. The van der Waals surface area contributed by atoms with Gasteiger partial charge in [-0.05, 0) is 113 Å². The fourth-order valence-electron chi connectivity index (χ4n) is 7.79. The fraction of sp³-hybridized carbons (Fsp3) is 1.00. The van der Waals surface area contributed by atoms with E-state index in [-0.39, 0.29) is 24.8 Å². The summed E-state index contributed by atoms with van der Waals surface area (Å²) < 4.78 is 0. The van der Waals surface area contributed by atoms with Gasteiger partial charge in [0.2, 0.25) is 0 Å². The Bertz CT molecular complexity index is 502. The van der Waals surface area contributed by atoms with Crippen LogP contribution in [0.1, 0.15) is 145 Å². The maximum Gasteiger partial charge on any atom is 0.00388 e. The first-order valence-electron chi connectivity index (χ1n) is 15.5. The Morgan fingerprint density at radius 2 is 1.00 bits per heavy atom. The van der Waals surface area contributed by atoms with Gasteiger partial charge in [-0.1, -0.05) is 80.1 Å². The van der Waals surface area contributed by atoms with E-state index in [1.165, 1.54) is 103 Å². The number of unbranched alkanes of at least 4 members (excludes halogenated alkanes) is 3. The van der Waals surface area contributed by atoms with E-state index >= 15 is 0 Å². The number of hydrogen-bond acceptors (Lipinski definition) is 2. The Morgan fingerprint density at radius 3 is 1.33 bits per heavy atom. The van der Waals surface area contributed by atoms with Crippen molar-refractivity contribution in [2.75, 3.05) is 13.1 Å². The van der Waals surface area contributed by atoms with Crippen molar-refractivity contribution in [3.05, 3.63) is 0 Å². The van der Waals surface area contributed by atoms with Crippen molar-refractivity contribution in [3.63, 3.8) is 0 Å². The molecular weight excluding hydrogens is 483 g/mol. The highest BCUT2D eigenvalue weighted by Crippen LogP contribution is 2.47. The lowest BCUT2D eigenvalue weighted by Crippen LogP contribution is -2.35. The highest BCUT2D eigenvalue weighted by molar-refractivity contribution is 5.85. The fourth-order valence-corrected chi connectivity index (χ4v) is 7.79. The van der Waals surface area contributed by atoms with Gasteiger partial charge in [-0.3, -0.25) is 0 Å². The minimum absolute atomic E-state index is 0. The van der Waals surface area contributed by atoms with E-state index in [2.05, 4.69) is 66.0 Å². The first kappa shape index (κ1) is 36.5. The minimum Gasteiger partial charge on any atom is -0.314 e. The molecule has 2 fully saturated rings. The Hall–Kier alpha value is 0.500. The SMILES string of the molecule is CC(CCC1C(C)CCCC1(C)C)NCCCCCCNC(C)CCC1C(C)CCCC1(C)C.Cl.Cl.